The quantitative estimate of drug-likeness (QED) is 0.124. The van der Waals surface area contributed by atoms with Gasteiger partial charge in [-0.25, -0.2) is 24.0 Å². The van der Waals surface area contributed by atoms with Gasteiger partial charge in [-0.15, -0.1) is 0 Å². The number of rotatable bonds is 10. The summed E-state index contributed by atoms with van der Waals surface area (Å²) in [5.74, 6) is 0. The van der Waals surface area contributed by atoms with Crippen LogP contribution in [0.25, 0.3) is 0 Å². The first kappa shape index (κ1) is 76.5. The van der Waals surface area contributed by atoms with E-state index in [2.05, 4.69) is 0 Å². The molecule has 1 heterocycles. The average Bonchev–Trinajstić information content (AvgIpc) is 3.35. The molecule has 0 N–H and O–H groups in total. The minimum Gasteiger partial charge on any atom is -0.445 e. The minimum absolute atomic E-state index is 0.226. The van der Waals surface area contributed by atoms with E-state index in [9.17, 15) is 24.0 Å². The van der Waals surface area contributed by atoms with Crippen molar-refractivity contribution in [2.45, 2.75) is 226 Å². The van der Waals surface area contributed by atoms with Crippen LogP contribution in [0.1, 0.15) is 220 Å². The predicted octanol–water partition coefficient (Wildman–Crippen LogP) is 19.9. The van der Waals surface area contributed by atoms with Crippen molar-refractivity contribution in [1.29, 1.82) is 0 Å². The third-order valence-electron chi connectivity index (χ3n) is 17.8. The largest absolute Gasteiger partial charge is 0.445 e. The van der Waals surface area contributed by atoms with Crippen LogP contribution in [0, 0.1) is 0 Å². The van der Waals surface area contributed by atoms with E-state index in [4.69, 9.17) is 23.7 Å². The Labute approximate surface area is 570 Å². The first-order valence-electron chi connectivity index (χ1n) is 36.6. The van der Waals surface area contributed by atoms with Crippen molar-refractivity contribution in [3.05, 3.63) is 179 Å². The molecule has 0 aromatic heterocycles. The molecule has 0 aliphatic carbocycles. The van der Waals surface area contributed by atoms with Gasteiger partial charge in [0.05, 0.1) is 0 Å². The molecule has 5 aromatic carbocycles. The van der Waals surface area contributed by atoms with E-state index in [1.54, 1.807) is 0 Å². The van der Waals surface area contributed by atoms with Crippen LogP contribution >= 0.6 is 0 Å². The molecule has 6 rings (SSSR count). The number of ether oxygens (including phenoxy) is 5. The summed E-state index contributed by atoms with van der Waals surface area (Å²) in [6, 6.07) is 49.2. The van der Waals surface area contributed by atoms with E-state index in [0.29, 0.717) is 65.4 Å². The lowest BCUT2D eigenvalue weighted by Gasteiger charge is -2.23. The van der Waals surface area contributed by atoms with E-state index in [-0.39, 0.29) is 63.5 Å². The maximum atomic E-state index is 13.6. The average molecular weight is 1310 g/mol. The summed E-state index contributed by atoms with van der Waals surface area (Å²) in [5, 5.41) is 0. The van der Waals surface area contributed by atoms with Crippen molar-refractivity contribution in [2.75, 3.05) is 65.4 Å². The van der Waals surface area contributed by atoms with Crippen LogP contribution in [-0.2, 0) is 56.7 Å². The van der Waals surface area contributed by atoms with Gasteiger partial charge in [0.1, 0.15) is 33.0 Å². The molecule has 1 saturated heterocycles. The maximum absolute atomic E-state index is 13.6. The Balaban J connectivity index is 1.03. The van der Waals surface area contributed by atoms with Crippen molar-refractivity contribution >= 4 is 30.5 Å². The molecule has 15 heteroatoms. The van der Waals surface area contributed by atoms with Crippen molar-refractivity contribution in [2.24, 2.45) is 0 Å². The lowest BCUT2D eigenvalue weighted by molar-refractivity contribution is 0.0933. The highest BCUT2D eigenvalue weighted by Crippen LogP contribution is 2.19. The van der Waals surface area contributed by atoms with E-state index >= 15 is 0 Å². The topological polar surface area (TPSA) is 148 Å². The third kappa shape index (κ3) is 35.1. The van der Waals surface area contributed by atoms with Crippen LogP contribution in [0.5, 0.6) is 0 Å². The smallest absolute Gasteiger partial charge is 0.410 e. The van der Waals surface area contributed by atoms with Gasteiger partial charge in [0.2, 0.25) is 0 Å². The summed E-state index contributed by atoms with van der Waals surface area (Å²) < 4.78 is 29.3. The third-order valence-corrected chi connectivity index (χ3v) is 17.8. The van der Waals surface area contributed by atoms with Crippen LogP contribution in [0.15, 0.2) is 152 Å². The number of hydrogen-bond acceptors (Lipinski definition) is 10. The summed E-state index contributed by atoms with van der Waals surface area (Å²) in [7, 11) is 0. The first-order valence-corrected chi connectivity index (χ1v) is 36.6. The van der Waals surface area contributed by atoms with Crippen LogP contribution in [0.2, 0.25) is 0 Å². The lowest BCUT2D eigenvalue weighted by Crippen LogP contribution is -2.34. The zero-order valence-corrected chi connectivity index (χ0v) is 57.6. The van der Waals surface area contributed by atoms with Crippen LogP contribution in [-0.4, -0.2) is 120 Å². The molecule has 15 nitrogen and oxygen atoms in total. The molecule has 1 aliphatic heterocycles. The van der Waals surface area contributed by atoms with Crippen LogP contribution in [0.3, 0.4) is 0 Å². The molecular weight excluding hydrogens is 1190 g/mol. The number of hydrogen-bond donors (Lipinski definition) is 0. The number of nitrogens with zero attached hydrogens (tertiary/aromatic N) is 5. The Kier molecular flexibility index (Phi) is 40.2. The van der Waals surface area contributed by atoms with E-state index in [1.165, 1.54) is 25.7 Å². The summed E-state index contributed by atoms with van der Waals surface area (Å²) in [6.07, 6.45) is 28.4. The number of benzene rings is 5. The lowest BCUT2D eigenvalue weighted by atomic mass is 10.1. The highest BCUT2D eigenvalue weighted by molar-refractivity contribution is 5.69. The molecule has 0 unspecified atom stereocenters. The van der Waals surface area contributed by atoms with Crippen LogP contribution in [0.4, 0.5) is 24.0 Å². The summed E-state index contributed by atoms with van der Waals surface area (Å²) >= 11 is 0. The van der Waals surface area contributed by atoms with Gasteiger partial charge in [0.25, 0.3) is 0 Å². The minimum atomic E-state index is -0.289. The summed E-state index contributed by atoms with van der Waals surface area (Å²) in [6.45, 7) is 7.62. The van der Waals surface area contributed by atoms with Gasteiger partial charge < -0.3 is 48.2 Å². The Bertz CT molecular complexity index is 2600. The van der Waals surface area contributed by atoms with E-state index in [0.717, 1.165) is 195 Å². The molecule has 0 spiro atoms. The van der Waals surface area contributed by atoms with Gasteiger partial charge in [0, 0.05) is 65.4 Å². The van der Waals surface area contributed by atoms with Gasteiger partial charge in [-0.3, -0.25) is 0 Å². The molecule has 520 valence electrons. The van der Waals surface area contributed by atoms with Gasteiger partial charge in [-0.05, 0) is 92.0 Å². The number of amides is 5. The van der Waals surface area contributed by atoms with E-state index in [1.807, 2.05) is 176 Å². The molecule has 5 aromatic rings. The second kappa shape index (κ2) is 49.9. The molecule has 1 fully saturated rings. The molecule has 0 saturated carbocycles. The molecule has 0 radical (unpaired) electrons. The Morgan fingerprint density at radius 2 is 0.305 bits per heavy atom. The normalized spacial score (nSPS) is 17.2. The zero-order valence-electron chi connectivity index (χ0n) is 57.6. The first-order chi connectivity index (χ1) is 46.8. The monoisotopic (exact) mass is 1310 g/mol. The summed E-state index contributed by atoms with van der Waals surface area (Å²) in [4.78, 5) is 77.4. The number of carbonyl (C=O) groups excluding carboxylic acids is 5. The van der Waals surface area contributed by atoms with Crippen molar-refractivity contribution in [3.8, 4) is 0 Å². The highest BCUT2D eigenvalue weighted by Gasteiger charge is 2.21. The van der Waals surface area contributed by atoms with Crippen molar-refractivity contribution in [3.63, 3.8) is 0 Å². The maximum Gasteiger partial charge on any atom is 0.410 e. The molecular formula is C80H115N5O10. The molecule has 0 bridgehead atoms. The Morgan fingerprint density at radius 3 is 0.432 bits per heavy atom. The zero-order chi connectivity index (χ0) is 66.7. The van der Waals surface area contributed by atoms with E-state index < -0.39 is 0 Å². The molecule has 1 aliphatic rings. The van der Waals surface area contributed by atoms with Crippen LogP contribution < -0.4 is 0 Å². The Hall–Kier alpha value is -7.55. The van der Waals surface area contributed by atoms with Gasteiger partial charge in [-0.1, -0.05) is 280 Å². The second-order valence-corrected chi connectivity index (χ2v) is 25.7. The van der Waals surface area contributed by atoms with Crippen molar-refractivity contribution in [1.82, 2.24) is 24.5 Å². The molecule has 5 amide bonds. The fraction of sp³-hybridized carbons (Fsp3) is 0.562. The summed E-state index contributed by atoms with van der Waals surface area (Å²) in [5.41, 5.74) is 4.82. The standard InChI is InChI=1S/C80H115N5O10/c86-76(91-66-71-46-26-21-27-47-71)81-56-36-11-5-3-1-2-4-6-12-37-57-82(77(87)92-67-72-48-28-22-29-49-72)59-39-14-8-16-41-61-84(79(89)94-69-74-52-32-24-33-53-74)63-43-18-10-20-45-65-85(80(90)95-70-75-54-34-25-35-55-75)64-44-19-9-17-42-62-83(60-40-15-7-13-38-58-81)78(88)93-68-73-50-30-23-31-51-73/h21-35,46-55H,1-20,36-45,56-70H2. The second-order valence-electron chi connectivity index (χ2n) is 25.7. The fourth-order valence-electron chi connectivity index (χ4n) is 12.1. The molecule has 95 heavy (non-hydrogen) atoms. The fourth-order valence-corrected chi connectivity index (χ4v) is 12.1. The van der Waals surface area contributed by atoms with Gasteiger partial charge >= 0.3 is 30.5 Å². The highest BCUT2D eigenvalue weighted by atomic mass is 16.6. The van der Waals surface area contributed by atoms with Gasteiger partial charge in [0.15, 0.2) is 0 Å². The van der Waals surface area contributed by atoms with Gasteiger partial charge in [-0.2, -0.15) is 0 Å². The predicted molar refractivity (Wildman–Crippen MR) is 380 cm³/mol. The Morgan fingerprint density at radius 1 is 0.189 bits per heavy atom. The molecule has 0 atom stereocenters. The SMILES string of the molecule is O=C(OCc1ccccc1)N1CCCCCCCCCCCCN(C(=O)OCc2ccccc2)CCCCCCCN(C(=O)OCc2ccccc2)CCCCCCCN(C(=O)OCc2ccccc2)CCCCCCCN(C(=O)OCc2ccccc2)CCCCCCC1. The number of carbonyl (C=O) groups is 5. The van der Waals surface area contributed by atoms with Crippen molar-refractivity contribution < 1.29 is 47.7 Å².